The Bertz CT molecular complexity index is 1030. The molecule has 6 nitrogen and oxygen atoms in total. The number of fused-ring (bicyclic) bond motifs is 1. The van der Waals surface area contributed by atoms with Gasteiger partial charge in [0, 0.05) is 36.5 Å². The van der Waals surface area contributed by atoms with E-state index in [1.165, 1.54) is 21.8 Å². The summed E-state index contributed by atoms with van der Waals surface area (Å²) in [5, 5.41) is 6.06. The second-order valence-electron chi connectivity index (χ2n) is 7.43. The molecule has 0 spiro atoms. The minimum atomic E-state index is -0.275. The van der Waals surface area contributed by atoms with Gasteiger partial charge < -0.3 is 10.6 Å². The van der Waals surface area contributed by atoms with Gasteiger partial charge in [-0.05, 0) is 24.6 Å². The van der Waals surface area contributed by atoms with Crippen LogP contribution in [-0.2, 0) is 24.3 Å². The number of carbonyl (C=O) groups is 2. The number of carbonyl (C=O) groups excluding carboxylic acids is 2. The molecule has 0 fully saturated rings. The first-order chi connectivity index (χ1) is 14.6. The highest BCUT2D eigenvalue weighted by Crippen LogP contribution is 2.29. The van der Waals surface area contributed by atoms with Crippen LogP contribution in [0.1, 0.15) is 32.1 Å². The number of benzene rings is 2. The Morgan fingerprint density at radius 1 is 1.10 bits per heavy atom. The van der Waals surface area contributed by atoms with E-state index in [4.69, 9.17) is 0 Å². The van der Waals surface area contributed by atoms with Gasteiger partial charge in [0.05, 0.1) is 12.2 Å². The highest BCUT2D eigenvalue weighted by Gasteiger charge is 2.21. The van der Waals surface area contributed by atoms with Gasteiger partial charge in [0.1, 0.15) is 0 Å². The normalized spacial score (nSPS) is 13.5. The number of amides is 2. The molecule has 0 atom stereocenters. The third-order valence-electron chi connectivity index (χ3n) is 5.03. The lowest BCUT2D eigenvalue weighted by Crippen LogP contribution is -2.32. The van der Waals surface area contributed by atoms with Gasteiger partial charge in [-0.25, -0.2) is 4.98 Å². The van der Waals surface area contributed by atoms with Gasteiger partial charge in [-0.2, -0.15) is 0 Å². The number of aryl methyl sites for hydroxylation is 1. The van der Waals surface area contributed by atoms with E-state index < -0.39 is 0 Å². The molecule has 0 unspecified atom stereocenters. The maximum Gasteiger partial charge on any atom is 0.251 e. The molecule has 0 bridgehead atoms. The average molecular weight is 421 g/mol. The molecule has 1 aromatic heterocycles. The molecule has 0 aliphatic carbocycles. The maximum absolute atomic E-state index is 12.3. The van der Waals surface area contributed by atoms with Crippen molar-refractivity contribution >= 4 is 28.3 Å². The molecule has 30 heavy (non-hydrogen) atoms. The molecule has 4 rings (SSSR count). The van der Waals surface area contributed by atoms with Crippen molar-refractivity contribution in [2.24, 2.45) is 0 Å². The van der Waals surface area contributed by atoms with E-state index in [1.807, 2.05) is 25.1 Å². The van der Waals surface area contributed by atoms with Crippen LogP contribution >= 0.6 is 11.3 Å². The first-order valence-electron chi connectivity index (χ1n) is 9.96. The van der Waals surface area contributed by atoms with Crippen molar-refractivity contribution < 1.29 is 9.59 Å². The molecule has 2 aromatic carbocycles. The number of nitrogens with one attached hydrogen (secondary N) is 2. The fourth-order valence-electron chi connectivity index (χ4n) is 3.41. The fraction of sp³-hybridized carbons (Fsp3) is 0.261. The first kappa shape index (κ1) is 20.3. The van der Waals surface area contributed by atoms with Crippen molar-refractivity contribution in [1.29, 1.82) is 0 Å². The van der Waals surface area contributed by atoms with Crippen molar-refractivity contribution in [3.05, 3.63) is 81.9 Å². The van der Waals surface area contributed by atoms with Gasteiger partial charge in [0.2, 0.25) is 5.91 Å². The fourth-order valence-corrected chi connectivity index (χ4v) is 4.48. The lowest BCUT2D eigenvalue weighted by atomic mass is 10.1. The SMILES string of the molecule is Cc1ccc(C(=O)NCC(=O)Nc2nc3c(s2)CN(Cc2ccccc2)CC3)cc1. The Balaban J connectivity index is 1.29. The summed E-state index contributed by atoms with van der Waals surface area (Å²) in [5.41, 5.74) is 3.97. The number of nitrogens with zero attached hydrogens (tertiary/aromatic N) is 2. The number of aromatic nitrogens is 1. The molecule has 0 radical (unpaired) electrons. The predicted octanol–water partition coefficient (Wildman–Crippen LogP) is 3.38. The molecule has 2 heterocycles. The minimum absolute atomic E-state index is 0.0862. The van der Waals surface area contributed by atoms with E-state index in [9.17, 15) is 9.59 Å². The van der Waals surface area contributed by atoms with Crippen LogP contribution in [0, 0.1) is 6.92 Å². The van der Waals surface area contributed by atoms with Crippen LogP contribution in [0.15, 0.2) is 54.6 Å². The van der Waals surface area contributed by atoms with E-state index in [0.717, 1.165) is 37.3 Å². The zero-order valence-electron chi connectivity index (χ0n) is 16.9. The highest BCUT2D eigenvalue weighted by atomic mass is 32.1. The zero-order chi connectivity index (χ0) is 20.9. The molecule has 154 valence electrons. The third-order valence-corrected chi connectivity index (χ3v) is 6.03. The van der Waals surface area contributed by atoms with Crippen molar-refractivity contribution in [2.45, 2.75) is 26.4 Å². The molecule has 1 aliphatic rings. The molecular weight excluding hydrogens is 396 g/mol. The highest BCUT2D eigenvalue weighted by molar-refractivity contribution is 7.15. The summed E-state index contributed by atoms with van der Waals surface area (Å²) < 4.78 is 0. The molecule has 2 amide bonds. The molecule has 0 saturated heterocycles. The Morgan fingerprint density at radius 3 is 2.63 bits per heavy atom. The van der Waals surface area contributed by atoms with Crippen molar-refractivity contribution in [3.63, 3.8) is 0 Å². The van der Waals surface area contributed by atoms with Gasteiger partial charge in [0.15, 0.2) is 5.13 Å². The molecule has 1 aliphatic heterocycles. The van der Waals surface area contributed by atoms with Gasteiger partial charge >= 0.3 is 0 Å². The van der Waals surface area contributed by atoms with E-state index >= 15 is 0 Å². The molecular formula is C23H24N4O2S. The maximum atomic E-state index is 12.3. The summed E-state index contributed by atoms with van der Waals surface area (Å²) in [4.78, 5) is 32.6. The quantitative estimate of drug-likeness (QED) is 0.641. The molecule has 7 heteroatoms. The topological polar surface area (TPSA) is 74.3 Å². The summed E-state index contributed by atoms with van der Waals surface area (Å²) in [6.45, 7) is 4.57. The van der Waals surface area contributed by atoms with E-state index in [-0.39, 0.29) is 18.4 Å². The smallest absolute Gasteiger partial charge is 0.251 e. The zero-order valence-corrected chi connectivity index (χ0v) is 17.7. The largest absolute Gasteiger partial charge is 0.343 e. The van der Waals surface area contributed by atoms with Crippen LogP contribution in [0.25, 0.3) is 0 Å². The third kappa shape index (κ3) is 5.11. The number of thiazole rings is 1. The van der Waals surface area contributed by atoms with E-state index in [0.29, 0.717) is 10.7 Å². The standard InChI is InChI=1S/C23H24N4O2S/c1-16-7-9-18(10-8-16)22(29)24-13-21(28)26-23-25-19-11-12-27(15-20(19)30-23)14-17-5-3-2-4-6-17/h2-10H,11-15H2,1H3,(H,24,29)(H,25,26,28). The Kier molecular flexibility index (Phi) is 6.21. The monoisotopic (exact) mass is 420 g/mol. The lowest BCUT2D eigenvalue weighted by Gasteiger charge is -2.25. The van der Waals surface area contributed by atoms with Gasteiger partial charge in [-0.15, -0.1) is 11.3 Å². The summed E-state index contributed by atoms with van der Waals surface area (Å²) in [6.07, 6.45) is 0.874. The number of anilines is 1. The number of hydrogen-bond donors (Lipinski definition) is 2. The average Bonchev–Trinajstić information content (AvgIpc) is 3.14. The Labute approximate surface area is 180 Å². The lowest BCUT2D eigenvalue weighted by molar-refractivity contribution is -0.115. The summed E-state index contributed by atoms with van der Waals surface area (Å²) in [5.74, 6) is -0.539. The minimum Gasteiger partial charge on any atom is -0.343 e. The molecule has 2 N–H and O–H groups in total. The second-order valence-corrected chi connectivity index (χ2v) is 8.52. The Hall–Kier alpha value is -3.03. The summed E-state index contributed by atoms with van der Waals surface area (Å²) >= 11 is 1.51. The predicted molar refractivity (Wildman–Crippen MR) is 119 cm³/mol. The van der Waals surface area contributed by atoms with Crippen molar-refractivity contribution in [3.8, 4) is 0 Å². The summed E-state index contributed by atoms with van der Waals surface area (Å²) in [7, 11) is 0. The van der Waals surface area contributed by atoms with Gasteiger partial charge in [0.25, 0.3) is 5.91 Å². The molecule has 3 aromatic rings. The van der Waals surface area contributed by atoms with Crippen molar-refractivity contribution in [2.75, 3.05) is 18.4 Å². The van der Waals surface area contributed by atoms with Gasteiger partial charge in [-0.1, -0.05) is 48.0 Å². The summed E-state index contributed by atoms with van der Waals surface area (Å²) in [6, 6.07) is 17.7. The number of hydrogen-bond acceptors (Lipinski definition) is 5. The van der Waals surface area contributed by atoms with Gasteiger partial charge in [-0.3, -0.25) is 14.5 Å². The van der Waals surface area contributed by atoms with Crippen LogP contribution < -0.4 is 10.6 Å². The van der Waals surface area contributed by atoms with Crippen LogP contribution in [0.2, 0.25) is 0 Å². The number of rotatable bonds is 6. The van der Waals surface area contributed by atoms with E-state index in [2.05, 4.69) is 44.8 Å². The van der Waals surface area contributed by atoms with Crippen molar-refractivity contribution in [1.82, 2.24) is 15.2 Å². The van der Waals surface area contributed by atoms with Crippen LogP contribution in [0.4, 0.5) is 5.13 Å². The van der Waals surface area contributed by atoms with Crippen LogP contribution in [0.5, 0.6) is 0 Å². The van der Waals surface area contributed by atoms with Crippen LogP contribution in [0.3, 0.4) is 0 Å². The van der Waals surface area contributed by atoms with E-state index in [1.54, 1.807) is 12.1 Å². The first-order valence-corrected chi connectivity index (χ1v) is 10.8. The molecule has 0 saturated carbocycles. The van der Waals surface area contributed by atoms with Crippen LogP contribution in [-0.4, -0.2) is 34.8 Å². The Morgan fingerprint density at radius 2 is 1.87 bits per heavy atom. The second kappa shape index (κ2) is 9.19.